The molecule has 2 N–H and O–H groups in total. The predicted molar refractivity (Wildman–Crippen MR) is 78.5 cm³/mol. The van der Waals surface area contributed by atoms with Crippen LogP contribution in [-0.2, 0) is 6.54 Å². The minimum atomic E-state index is 0.619. The zero-order valence-electron chi connectivity index (χ0n) is 12.1. The third-order valence-corrected chi connectivity index (χ3v) is 2.62. The second kappa shape index (κ2) is 9.19. The molecule has 1 aromatic rings. The van der Waals surface area contributed by atoms with E-state index in [4.69, 9.17) is 4.74 Å². The topological polar surface area (TPSA) is 58.5 Å². The monoisotopic (exact) mass is 264 g/mol. The van der Waals surface area contributed by atoms with E-state index < -0.39 is 0 Å². The molecule has 0 atom stereocenters. The van der Waals surface area contributed by atoms with Crippen molar-refractivity contribution in [2.24, 2.45) is 4.99 Å². The number of aromatic nitrogens is 1. The van der Waals surface area contributed by atoms with E-state index in [-0.39, 0.29) is 0 Å². The summed E-state index contributed by atoms with van der Waals surface area (Å²) in [5.41, 5.74) is 1.03. The highest BCUT2D eigenvalue weighted by molar-refractivity contribution is 5.79. The van der Waals surface area contributed by atoms with Crippen LogP contribution in [0.25, 0.3) is 0 Å². The van der Waals surface area contributed by atoms with Gasteiger partial charge in [-0.15, -0.1) is 0 Å². The van der Waals surface area contributed by atoms with E-state index in [9.17, 15) is 0 Å². The summed E-state index contributed by atoms with van der Waals surface area (Å²) in [6.45, 7) is 6.32. The molecule has 0 unspecified atom stereocenters. The van der Waals surface area contributed by atoms with Gasteiger partial charge in [0.05, 0.1) is 6.61 Å². The lowest BCUT2D eigenvalue weighted by Crippen LogP contribution is -2.37. The van der Waals surface area contributed by atoms with Crippen LogP contribution in [0.15, 0.2) is 23.3 Å². The van der Waals surface area contributed by atoms with Crippen molar-refractivity contribution in [3.63, 3.8) is 0 Å². The number of ether oxygens (including phenoxy) is 1. The zero-order chi connectivity index (χ0) is 13.9. The van der Waals surface area contributed by atoms with Gasteiger partial charge in [0, 0.05) is 31.9 Å². The largest absolute Gasteiger partial charge is 0.478 e. The van der Waals surface area contributed by atoms with Crippen molar-refractivity contribution < 1.29 is 4.74 Å². The Morgan fingerprint density at radius 3 is 2.89 bits per heavy atom. The molecule has 1 rings (SSSR count). The standard InChI is InChI=1S/C14H24N4O/c1-4-6-9-17-14(15-3)18-11-12-8-7-10-16-13(12)19-5-2/h7-8,10H,4-6,9,11H2,1-3H3,(H2,15,17,18). The molecule has 1 heterocycles. The quantitative estimate of drug-likeness (QED) is 0.449. The Balaban J connectivity index is 2.50. The van der Waals surface area contributed by atoms with Crippen molar-refractivity contribution in [3.05, 3.63) is 23.9 Å². The minimum Gasteiger partial charge on any atom is -0.478 e. The molecule has 0 aliphatic heterocycles. The summed E-state index contributed by atoms with van der Waals surface area (Å²) in [6.07, 6.45) is 4.04. The Labute approximate surface area is 115 Å². The second-order valence-electron chi connectivity index (χ2n) is 4.11. The van der Waals surface area contributed by atoms with Crippen LogP contribution in [0.1, 0.15) is 32.3 Å². The van der Waals surface area contributed by atoms with Crippen LogP contribution >= 0.6 is 0 Å². The Morgan fingerprint density at radius 2 is 2.21 bits per heavy atom. The molecule has 5 heteroatoms. The fourth-order valence-corrected chi connectivity index (χ4v) is 1.61. The number of rotatable bonds is 7. The molecule has 0 radical (unpaired) electrons. The van der Waals surface area contributed by atoms with Crippen molar-refractivity contribution in [2.45, 2.75) is 33.2 Å². The lowest BCUT2D eigenvalue weighted by molar-refractivity contribution is 0.322. The molecular weight excluding hydrogens is 240 g/mol. The van der Waals surface area contributed by atoms with Gasteiger partial charge in [0.15, 0.2) is 5.96 Å². The van der Waals surface area contributed by atoms with E-state index in [1.54, 1.807) is 13.2 Å². The van der Waals surface area contributed by atoms with Crippen LogP contribution in [-0.4, -0.2) is 31.1 Å². The third kappa shape index (κ3) is 5.59. The maximum absolute atomic E-state index is 5.49. The van der Waals surface area contributed by atoms with Crippen molar-refractivity contribution in [2.75, 3.05) is 20.2 Å². The number of unbranched alkanes of at least 4 members (excludes halogenated alkanes) is 1. The maximum Gasteiger partial charge on any atom is 0.218 e. The van der Waals surface area contributed by atoms with Crippen LogP contribution in [0.5, 0.6) is 5.88 Å². The molecule has 0 bridgehead atoms. The minimum absolute atomic E-state index is 0.619. The van der Waals surface area contributed by atoms with Gasteiger partial charge < -0.3 is 15.4 Å². The van der Waals surface area contributed by atoms with E-state index in [1.165, 1.54) is 6.42 Å². The van der Waals surface area contributed by atoms with Gasteiger partial charge in [0.25, 0.3) is 0 Å². The van der Waals surface area contributed by atoms with Crippen LogP contribution in [0.4, 0.5) is 0 Å². The van der Waals surface area contributed by atoms with E-state index >= 15 is 0 Å². The average Bonchev–Trinajstić information content (AvgIpc) is 2.44. The average molecular weight is 264 g/mol. The molecule has 0 saturated carbocycles. The second-order valence-corrected chi connectivity index (χ2v) is 4.11. The van der Waals surface area contributed by atoms with Crippen LogP contribution in [0.2, 0.25) is 0 Å². The Kier molecular flexibility index (Phi) is 7.39. The normalized spacial score (nSPS) is 11.2. The van der Waals surface area contributed by atoms with Gasteiger partial charge in [-0.2, -0.15) is 0 Å². The van der Waals surface area contributed by atoms with Gasteiger partial charge in [-0.3, -0.25) is 4.99 Å². The maximum atomic E-state index is 5.49. The molecule has 0 spiro atoms. The van der Waals surface area contributed by atoms with Gasteiger partial charge in [0.1, 0.15) is 0 Å². The van der Waals surface area contributed by atoms with Crippen molar-refractivity contribution >= 4 is 5.96 Å². The van der Waals surface area contributed by atoms with E-state index in [0.29, 0.717) is 19.0 Å². The number of hydrogen-bond acceptors (Lipinski definition) is 3. The summed E-state index contributed by atoms with van der Waals surface area (Å²) in [4.78, 5) is 8.41. The van der Waals surface area contributed by atoms with Gasteiger partial charge in [-0.05, 0) is 19.4 Å². The predicted octanol–water partition coefficient (Wildman–Crippen LogP) is 1.95. The van der Waals surface area contributed by atoms with Crippen LogP contribution in [0, 0.1) is 0 Å². The fraction of sp³-hybridized carbons (Fsp3) is 0.571. The number of nitrogens with one attached hydrogen (secondary N) is 2. The number of hydrogen-bond donors (Lipinski definition) is 2. The molecule has 0 amide bonds. The molecule has 0 aliphatic carbocycles. The number of pyridine rings is 1. The third-order valence-electron chi connectivity index (χ3n) is 2.62. The van der Waals surface area contributed by atoms with Gasteiger partial charge in [0.2, 0.25) is 5.88 Å². The first kappa shape index (κ1) is 15.3. The zero-order valence-corrected chi connectivity index (χ0v) is 12.1. The van der Waals surface area contributed by atoms with Crippen molar-refractivity contribution in [1.82, 2.24) is 15.6 Å². The summed E-state index contributed by atoms with van der Waals surface area (Å²) in [6, 6.07) is 3.91. The lowest BCUT2D eigenvalue weighted by Gasteiger charge is -2.13. The van der Waals surface area contributed by atoms with Gasteiger partial charge >= 0.3 is 0 Å². The molecule has 1 aromatic heterocycles. The molecule has 0 saturated heterocycles. The highest BCUT2D eigenvalue weighted by Crippen LogP contribution is 2.13. The van der Waals surface area contributed by atoms with Gasteiger partial charge in [-0.1, -0.05) is 19.4 Å². The van der Waals surface area contributed by atoms with E-state index in [1.807, 2.05) is 19.1 Å². The summed E-state index contributed by atoms with van der Waals surface area (Å²) in [5, 5.41) is 6.53. The molecule has 0 aliphatic rings. The van der Waals surface area contributed by atoms with Crippen LogP contribution < -0.4 is 15.4 Å². The summed E-state index contributed by atoms with van der Waals surface area (Å²) < 4.78 is 5.49. The van der Waals surface area contributed by atoms with E-state index in [2.05, 4.69) is 27.5 Å². The molecule has 0 fully saturated rings. The Bertz CT molecular complexity index is 393. The Hall–Kier alpha value is -1.78. The summed E-state index contributed by atoms with van der Waals surface area (Å²) >= 11 is 0. The summed E-state index contributed by atoms with van der Waals surface area (Å²) in [5.74, 6) is 1.49. The molecule has 0 aromatic carbocycles. The van der Waals surface area contributed by atoms with Crippen molar-refractivity contribution in [1.29, 1.82) is 0 Å². The summed E-state index contributed by atoms with van der Waals surface area (Å²) in [7, 11) is 1.77. The number of aliphatic imine (C=N–C) groups is 1. The highest BCUT2D eigenvalue weighted by atomic mass is 16.5. The SMILES string of the molecule is CCCCNC(=NC)NCc1cccnc1OCC. The van der Waals surface area contributed by atoms with E-state index in [0.717, 1.165) is 24.5 Å². The first-order valence-electron chi connectivity index (χ1n) is 6.83. The molecule has 5 nitrogen and oxygen atoms in total. The Morgan fingerprint density at radius 1 is 1.37 bits per heavy atom. The highest BCUT2D eigenvalue weighted by Gasteiger charge is 2.04. The molecule has 106 valence electrons. The van der Waals surface area contributed by atoms with Crippen LogP contribution in [0.3, 0.4) is 0 Å². The van der Waals surface area contributed by atoms with Crippen molar-refractivity contribution in [3.8, 4) is 5.88 Å². The van der Waals surface area contributed by atoms with Gasteiger partial charge in [-0.25, -0.2) is 4.98 Å². The molecular formula is C14H24N4O. The first-order valence-corrected chi connectivity index (χ1v) is 6.83. The first-order chi connectivity index (χ1) is 9.31. The lowest BCUT2D eigenvalue weighted by atomic mass is 10.2. The molecule has 19 heavy (non-hydrogen) atoms. The number of guanidine groups is 1. The number of nitrogens with zero attached hydrogens (tertiary/aromatic N) is 2. The smallest absolute Gasteiger partial charge is 0.218 e. The fourth-order valence-electron chi connectivity index (χ4n) is 1.61.